The van der Waals surface area contributed by atoms with Gasteiger partial charge in [-0.3, -0.25) is 0 Å². The van der Waals surface area contributed by atoms with Gasteiger partial charge in [0.05, 0.1) is 8.93 Å². The van der Waals surface area contributed by atoms with Crippen LogP contribution in [-0.2, 0) is 0 Å². The predicted octanol–water partition coefficient (Wildman–Crippen LogP) is 4.22. The molecule has 2 heterocycles. The quantitative estimate of drug-likeness (QED) is 0.751. The Morgan fingerprint density at radius 2 is 2.14 bits per heavy atom. The first-order valence-electron chi connectivity index (χ1n) is 3.89. The van der Waals surface area contributed by atoms with E-state index in [2.05, 4.69) is 60.7 Å². The van der Waals surface area contributed by atoms with Crippen molar-refractivity contribution >= 4 is 61.2 Å². The van der Waals surface area contributed by atoms with Crippen molar-refractivity contribution in [3.63, 3.8) is 0 Å². The lowest BCUT2D eigenvalue weighted by molar-refractivity contribution is 0.877. The van der Waals surface area contributed by atoms with Crippen molar-refractivity contribution in [1.82, 2.24) is 0 Å². The Hall–Kier alpha value is 0.570. The number of thiophene rings is 2. The summed E-state index contributed by atoms with van der Waals surface area (Å²) in [5.41, 5.74) is 8.52. The van der Waals surface area contributed by atoms with E-state index >= 15 is 0 Å². The van der Waals surface area contributed by atoms with Gasteiger partial charge < -0.3 is 5.73 Å². The van der Waals surface area contributed by atoms with Gasteiger partial charge in [0.1, 0.15) is 0 Å². The highest BCUT2D eigenvalue weighted by molar-refractivity contribution is 14.1. The van der Waals surface area contributed by atoms with Crippen molar-refractivity contribution in [3.8, 4) is 0 Å². The summed E-state index contributed by atoms with van der Waals surface area (Å²) in [6.45, 7) is 0. The molecule has 0 radical (unpaired) electrons. The number of hydrogen-bond acceptors (Lipinski definition) is 3. The van der Waals surface area contributed by atoms with Gasteiger partial charge in [-0.15, -0.1) is 11.3 Å². The molecule has 0 spiro atoms. The molecule has 0 aliphatic rings. The van der Waals surface area contributed by atoms with Crippen LogP contribution in [0.3, 0.4) is 0 Å². The monoisotopic (exact) mass is 399 g/mol. The summed E-state index contributed by atoms with van der Waals surface area (Å²) in [7, 11) is 0. The maximum absolute atomic E-state index is 6.15. The lowest BCUT2D eigenvalue weighted by atomic mass is 10.1. The molecule has 0 aliphatic carbocycles. The molecule has 0 aliphatic heterocycles. The normalized spacial score (nSPS) is 13.1. The van der Waals surface area contributed by atoms with Gasteiger partial charge in [-0.05, 0) is 66.5 Å². The highest BCUT2D eigenvalue weighted by Gasteiger charge is 2.14. The van der Waals surface area contributed by atoms with E-state index in [4.69, 9.17) is 5.73 Å². The van der Waals surface area contributed by atoms with Gasteiger partial charge in [-0.1, -0.05) is 0 Å². The Labute approximate surface area is 113 Å². The topological polar surface area (TPSA) is 26.0 Å². The van der Waals surface area contributed by atoms with Gasteiger partial charge >= 0.3 is 0 Å². The zero-order valence-electron chi connectivity index (χ0n) is 7.04. The van der Waals surface area contributed by atoms with Gasteiger partial charge in [0, 0.05) is 9.85 Å². The fraction of sp³-hybridized carbons (Fsp3) is 0.111. The maximum Gasteiger partial charge on any atom is 0.0656 e. The fourth-order valence-corrected chi connectivity index (χ4v) is 4.17. The molecule has 0 saturated heterocycles. The average Bonchev–Trinajstić information content (AvgIpc) is 2.73. The van der Waals surface area contributed by atoms with Crippen LogP contribution >= 0.6 is 61.2 Å². The first kappa shape index (κ1) is 11.1. The Bertz CT molecular complexity index is 437. The van der Waals surface area contributed by atoms with Crippen molar-refractivity contribution in [1.29, 1.82) is 0 Å². The summed E-state index contributed by atoms with van der Waals surface area (Å²) in [6, 6.07) is 2.13. The van der Waals surface area contributed by atoms with Crippen molar-refractivity contribution in [2.75, 3.05) is 0 Å². The standard InChI is InChI=1S/C9H7BrINS2/c10-7-4-13-3-6(7)9(12)5-1-8(11)14-2-5/h1-4,9H,12H2. The van der Waals surface area contributed by atoms with Crippen LogP contribution in [0.15, 0.2) is 26.7 Å². The van der Waals surface area contributed by atoms with Crippen molar-refractivity contribution in [2.45, 2.75) is 6.04 Å². The highest BCUT2D eigenvalue weighted by Crippen LogP contribution is 2.32. The molecule has 0 fully saturated rings. The van der Waals surface area contributed by atoms with E-state index < -0.39 is 0 Å². The SMILES string of the molecule is NC(c1csc(I)c1)c1cscc1Br. The second-order valence-corrected chi connectivity index (χ2v) is 7.24. The summed E-state index contributed by atoms with van der Waals surface area (Å²) in [6.07, 6.45) is 0. The molecule has 74 valence electrons. The minimum Gasteiger partial charge on any atom is -0.320 e. The Kier molecular flexibility index (Phi) is 3.64. The number of nitrogens with two attached hydrogens (primary N) is 1. The molecule has 2 aromatic heterocycles. The molecule has 0 bridgehead atoms. The molecule has 1 atom stereocenters. The molecule has 14 heavy (non-hydrogen) atoms. The minimum atomic E-state index is -0.00427. The number of rotatable bonds is 2. The molecule has 0 aromatic carbocycles. The third-order valence-corrected chi connectivity index (χ3v) is 5.48. The van der Waals surface area contributed by atoms with Gasteiger partial charge in [-0.2, -0.15) is 11.3 Å². The van der Waals surface area contributed by atoms with Crippen LogP contribution in [0.4, 0.5) is 0 Å². The Morgan fingerprint density at radius 3 is 2.64 bits per heavy atom. The van der Waals surface area contributed by atoms with Gasteiger partial charge in [-0.25, -0.2) is 0 Å². The van der Waals surface area contributed by atoms with Crippen LogP contribution in [0.2, 0.25) is 0 Å². The molecule has 5 heteroatoms. The zero-order valence-corrected chi connectivity index (χ0v) is 12.4. The van der Waals surface area contributed by atoms with E-state index in [-0.39, 0.29) is 6.04 Å². The van der Waals surface area contributed by atoms with E-state index in [1.54, 1.807) is 22.7 Å². The van der Waals surface area contributed by atoms with Crippen LogP contribution in [-0.4, -0.2) is 0 Å². The van der Waals surface area contributed by atoms with Crippen molar-refractivity contribution in [2.24, 2.45) is 5.73 Å². The lowest BCUT2D eigenvalue weighted by Crippen LogP contribution is -2.10. The number of halogens is 2. The Balaban J connectivity index is 2.33. The summed E-state index contributed by atoms with van der Waals surface area (Å²) >= 11 is 9.22. The summed E-state index contributed by atoms with van der Waals surface area (Å²) in [5.74, 6) is 0. The summed E-state index contributed by atoms with van der Waals surface area (Å²) in [5, 5.41) is 6.28. The van der Waals surface area contributed by atoms with Crippen LogP contribution in [0.1, 0.15) is 17.2 Å². The number of hydrogen-bond donors (Lipinski definition) is 1. The molecule has 0 amide bonds. The highest BCUT2D eigenvalue weighted by atomic mass is 127. The molecular weight excluding hydrogens is 393 g/mol. The van der Waals surface area contributed by atoms with Crippen LogP contribution in [0.5, 0.6) is 0 Å². The molecule has 0 saturated carbocycles. The predicted molar refractivity (Wildman–Crippen MR) is 75.1 cm³/mol. The van der Waals surface area contributed by atoms with Crippen molar-refractivity contribution in [3.05, 3.63) is 40.7 Å². The van der Waals surface area contributed by atoms with E-state index in [0.29, 0.717) is 0 Å². The lowest BCUT2D eigenvalue weighted by Gasteiger charge is -2.08. The molecular formula is C9H7BrINS2. The van der Waals surface area contributed by atoms with E-state index in [0.717, 1.165) is 4.47 Å². The fourth-order valence-electron chi connectivity index (χ4n) is 1.18. The smallest absolute Gasteiger partial charge is 0.0656 e. The summed E-state index contributed by atoms with van der Waals surface area (Å²) < 4.78 is 2.38. The Morgan fingerprint density at radius 1 is 1.36 bits per heavy atom. The van der Waals surface area contributed by atoms with E-state index in [1.165, 1.54) is 14.0 Å². The summed E-state index contributed by atoms with van der Waals surface area (Å²) in [4.78, 5) is 0. The van der Waals surface area contributed by atoms with E-state index in [1.807, 2.05) is 0 Å². The van der Waals surface area contributed by atoms with Gasteiger partial charge in [0.2, 0.25) is 0 Å². The largest absolute Gasteiger partial charge is 0.320 e. The average molecular weight is 400 g/mol. The van der Waals surface area contributed by atoms with Crippen molar-refractivity contribution < 1.29 is 0 Å². The molecule has 1 nitrogen and oxygen atoms in total. The first-order chi connectivity index (χ1) is 6.68. The van der Waals surface area contributed by atoms with Gasteiger partial charge in [0.25, 0.3) is 0 Å². The second-order valence-electron chi connectivity index (χ2n) is 2.84. The van der Waals surface area contributed by atoms with Gasteiger partial charge in [0.15, 0.2) is 0 Å². The third kappa shape index (κ3) is 2.21. The molecule has 2 rings (SSSR count). The molecule has 1 unspecified atom stereocenters. The van der Waals surface area contributed by atoms with Crippen LogP contribution in [0, 0.1) is 2.88 Å². The third-order valence-electron chi connectivity index (χ3n) is 1.92. The minimum absolute atomic E-state index is 0.00427. The van der Waals surface area contributed by atoms with E-state index in [9.17, 15) is 0 Å². The second kappa shape index (κ2) is 4.61. The van der Waals surface area contributed by atoms with Crippen LogP contribution < -0.4 is 5.73 Å². The molecule has 2 aromatic rings. The maximum atomic E-state index is 6.15. The molecule has 2 N–H and O–H groups in total. The van der Waals surface area contributed by atoms with Crippen LogP contribution in [0.25, 0.3) is 0 Å². The first-order valence-corrected chi connectivity index (χ1v) is 7.59. The zero-order chi connectivity index (χ0) is 10.1.